The largest absolute Gasteiger partial charge is 0.444 e. The van der Waals surface area contributed by atoms with E-state index < -0.39 is 5.60 Å². The number of aryl methyl sites for hydroxylation is 1. The van der Waals surface area contributed by atoms with Gasteiger partial charge in [-0.3, -0.25) is 5.10 Å². The SMILES string of the molecule is Cc1[nH]ncc1CNCCN(C(=O)OC(C)(C)C)C(C)(C)C. The number of nitrogens with zero attached hydrogens (tertiary/aromatic N) is 2. The molecule has 6 nitrogen and oxygen atoms in total. The van der Waals surface area contributed by atoms with Crippen molar-refractivity contribution < 1.29 is 9.53 Å². The number of hydrogen-bond donors (Lipinski definition) is 2. The quantitative estimate of drug-likeness (QED) is 0.821. The summed E-state index contributed by atoms with van der Waals surface area (Å²) in [5.41, 5.74) is 1.43. The molecule has 0 bridgehead atoms. The molecule has 0 fully saturated rings. The van der Waals surface area contributed by atoms with Gasteiger partial charge in [-0.15, -0.1) is 0 Å². The van der Waals surface area contributed by atoms with E-state index in [2.05, 4.69) is 15.5 Å². The Morgan fingerprint density at radius 1 is 1.32 bits per heavy atom. The van der Waals surface area contributed by atoms with Gasteiger partial charge in [0.05, 0.1) is 6.20 Å². The van der Waals surface area contributed by atoms with Crippen molar-refractivity contribution in [3.05, 3.63) is 17.5 Å². The van der Waals surface area contributed by atoms with Gasteiger partial charge in [0.15, 0.2) is 0 Å². The number of amides is 1. The highest BCUT2D eigenvalue weighted by atomic mass is 16.6. The van der Waals surface area contributed by atoms with Crippen molar-refractivity contribution in [1.29, 1.82) is 0 Å². The molecule has 0 aliphatic heterocycles. The van der Waals surface area contributed by atoms with Crippen molar-refractivity contribution in [2.75, 3.05) is 13.1 Å². The molecule has 1 amide bonds. The van der Waals surface area contributed by atoms with Crippen LogP contribution >= 0.6 is 0 Å². The monoisotopic (exact) mass is 310 g/mol. The maximum atomic E-state index is 12.3. The lowest BCUT2D eigenvalue weighted by Gasteiger charge is -2.36. The minimum absolute atomic E-state index is 0.277. The molecule has 0 atom stereocenters. The molecule has 1 rings (SSSR count). The lowest BCUT2D eigenvalue weighted by Crippen LogP contribution is -2.50. The van der Waals surface area contributed by atoms with Gasteiger partial charge in [0.25, 0.3) is 0 Å². The first-order valence-electron chi connectivity index (χ1n) is 7.71. The van der Waals surface area contributed by atoms with E-state index in [9.17, 15) is 4.79 Å². The normalized spacial score (nSPS) is 12.3. The third kappa shape index (κ3) is 6.05. The van der Waals surface area contributed by atoms with Gasteiger partial charge in [-0.05, 0) is 48.5 Å². The van der Waals surface area contributed by atoms with Crippen LogP contribution in [0.1, 0.15) is 52.8 Å². The summed E-state index contributed by atoms with van der Waals surface area (Å²) in [4.78, 5) is 14.1. The van der Waals surface area contributed by atoms with E-state index in [1.807, 2.05) is 54.7 Å². The second-order valence-corrected chi connectivity index (χ2v) is 7.50. The Hall–Kier alpha value is -1.56. The van der Waals surface area contributed by atoms with E-state index in [1.54, 1.807) is 4.90 Å². The van der Waals surface area contributed by atoms with E-state index in [0.29, 0.717) is 13.1 Å². The predicted molar refractivity (Wildman–Crippen MR) is 87.7 cm³/mol. The molecule has 22 heavy (non-hydrogen) atoms. The molecule has 0 aliphatic rings. The standard InChI is InChI=1S/C16H30N4O2/c1-12-13(11-18-19-12)10-17-8-9-20(15(2,3)4)14(21)22-16(5,6)7/h11,17H,8-10H2,1-7H3,(H,18,19). The summed E-state index contributed by atoms with van der Waals surface area (Å²) < 4.78 is 5.49. The molecule has 1 aromatic heterocycles. The molecular weight excluding hydrogens is 280 g/mol. The number of carbonyl (C=O) groups is 1. The van der Waals surface area contributed by atoms with Crippen LogP contribution in [0.15, 0.2) is 6.20 Å². The minimum atomic E-state index is -0.484. The van der Waals surface area contributed by atoms with Gasteiger partial charge in [-0.2, -0.15) is 5.10 Å². The van der Waals surface area contributed by atoms with Gasteiger partial charge in [-0.25, -0.2) is 4.79 Å². The van der Waals surface area contributed by atoms with Crippen molar-refractivity contribution in [2.45, 2.75) is 66.2 Å². The molecule has 0 saturated heterocycles. The summed E-state index contributed by atoms with van der Waals surface area (Å²) in [5.74, 6) is 0. The van der Waals surface area contributed by atoms with Crippen molar-refractivity contribution in [3.8, 4) is 0 Å². The smallest absolute Gasteiger partial charge is 0.410 e. The van der Waals surface area contributed by atoms with E-state index in [1.165, 1.54) is 0 Å². The third-order valence-corrected chi connectivity index (χ3v) is 3.19. The fraction of sp³-hybridized carbons (Fsp3) is 0.750. The lowest BCUT2D eigenvalue weighted by molar-refractivity contribution is 0.00663. The number of hydrogen-bond acceptors (Lipinski definition) is 4. The molecule has 126 valence electrons. The van der Waals surface area contributed by atoms with Crippen LogP contribution in [0.2, 0.25) is 0 Å². The van der Waals surface area contributed by atoms with Crippen LogP contribution in [-0.2, 0) is 11.3 Å². The molecule has 1 heterocycles. The number of aromatic amines is 1. The minimum Gasteiger partial charge on any atom is -0.444 e. The van der Waals surface area contributed by atoms with Gasteiger partial charge >= 0.3 is 6.09 Å². The maximum Gasteiger partial charge on any atom is 0.410 e. The van der Waals surface area contributed by atoms with Crippen molar-refractivity contribution in [2.24, 2.45) is 0 Å². The molecule has 0 radical (unpaired) electrons. The average Bonchev–Trinajstić information content (AvgIpc) is 2.70. The highest BCUT2D eigenvalue weighted by Gasteiger charge is 2.30. The first kappa shape index (κ1) is 18.5. The highest BCUT2D eigenvalue weighted by molar-refractivity contribution is 5.69. The number of ether oxygens (including phenoxy) is 1. The lowest BCUT2D eigenvalue weighted by atomic mass is 10.1. The Morgan fingerprint density at radius 3 is 2.41 bits per heavy atom. The fourth-order valence-corrected chi connectivity index (χ4v) is 1.99. The topological polar surface area (TPSA) is 70.2 Å². The molecule has 2 N–H and O–H groups in total. The zero-order valence-corrected chi connectivity index (χ0v) is 14.9. The number of carbonyl (C=O) groups excluding carboxylic acids is 1. The van der Waals surface area contributed by atoms with Gasteiger partial charge in [0.1, 0.15) is 5.60 Å². The Labute approximate surface area is 133 Å². The third-order valence-electron chi connectivity index (χ3n) is 3.19. The molecular formula is C16H30N4O2. The highest BCUT2D eigenvalue weighted by Crippen LogP contribution is 2.18. The van der Waals surface area contributed by atoms with Gasteiger partial charge in [0, 0.05) is 36.4 Å². The summed E-state index contributed by atoms with van der Waals surface area (Å²) in [6.07, 6.45) is 1.54. The van der Waals surface area contributed by atoms with Crippen LogP contribution < -0.4 is 5.32 Å². The average molecular weight is 310 g/mol. The van der Waals surface area contributed by atoms with Gasteiger partial charge in [0.2, 0.25) is 0 Å². The van der Waals surface area contributed by atoms with Crippen LogP contribution in [0.4, 0.5) is 4.79 Å². The van der Waals surface area contributed by atoms with E-state index in [4.69, 9.17) is 4.74 Å². The summed E-state index contributed by atoms with van der Waals surface area (Å²) in [7, 11) is 0. The zero-order valence-electron chi connectivity index (χ0n) is 14.9. The molecule has 0 saturated carbocycles. The van der Waals surface area contributed by atoms with Crippen molar-refractivity contribution in [3.63, 3.8) is 0 Å². The summed E-state index contributed by atoms with van der Waals surface area (Å²) >= 11 is 0. The Morgan fingerprint density at radius 2 is 1.95 bits per heavy atom. The summed E-state index contributed by atoms with van der Waals surface area (Å²) in [5, 5.41) is 10.2. The predicted octanol–water partition coefficient (Wildman–Crippen LogP) is 2.84. The van der Waals surface area contributed by atoms with Crippen LogP contribution in [0.5, 0.6) is 0 Å². The first-order valence-corrected chi connectivity index (χ1v) is 7.71. The van der Waals surface area contributed by atoms with E-state index >= 15 is 0 Å². The maximum absolute atomic E-state index is 12.3. The summed E-state index contributed by atoms with van der Waals surface area (Å²) in [6, 6.07) is 0. The van der Waals surface area contributed by atoms with Crippen LogP contribution in [0.3, 0.4) is 0 Å². The second-order valence-electron chi connectivity index (χ2n) is 7.50. The van der Waals surface area contributed by atoms with E-state index in [0.717, 1.165) is 17.8 Å². The number of rotatable bonds is 5. The van der Waals surface area contributed by atoms with Gasteiger partial charge < -0.3 is 15.0 Å². The van der Waals surface area contributed by atoms with Crippen LogP contribution in [0, 0.1) is 6.92 Å². The second kappa shape index (κ2) is 7.13. The number of aromatic nitrogens is 2. The van der Waals surface area contributed by atoms with Crippen molar-refractivity contribution in [1.82, 2.24) is 20.4 Å². The van der Waals surface area contributed by atoms with Crippen LogP contribution in [0.25, 0.3) is 0 Å². The molecule has 0 unspecified atom stereocenters. The number of nitrogens with one attached hydrogen (secondary N) is 2. The molecule has 0 aliphatic carbocycles. The first-order chi connectivity index (χ1) is 10.0. The Kier molecular flexibility index (Phi) is 6.00. The Balaban J connectivity index is 2.52. The Bertz CT molecular complexity index is 483. The summed E-state index contributed by atoms with van der Waals surface area (Å²) in [6.45, 7) is 15.7. The molecule has 1 aromatic rings. The van der Waals surface area contributed by atoms with Crippen LogP contribution in [-0.4, -0.2) is 45.4 Å². The van der Waals surface area contributed by atoms with E-state index in [-0.39, 0.29) is 11.6 Å². The molecule has 0 spiro atoms. The van der Waals surface area contributed by atoms with Crippen molar-refractivity contribution >= 4 is 6.09 Å². The number of H-pyrrole nitrogens is 1. The zero-order chi connectivity index (χ0) is 17.0. The van der Waals surface area contributed by atoms with Gasteiger partial charge in [-0.1, -0.05) is 0 Å². The fourth-order valence-electron chi connectivity index (χ4n) is 1.99. The molecule has 0 aromatic carbocycles. The molecule has 6 heteroatoms.